The van der Waals surface area contributed by atoms with Crippen molar-refractivity contribution in [1.82, 2.24) is 24.4 Å². The lowest BCUT2D eigenvalue weighted by Crippen LogP contribution is -2.48. The zero-order valence-electron chi connectivity index (χ0n) is 30.1. The molecule has 2 atom stereocenters. The molecule has 6 aromatic rings. The maximum atomic E-state index is 14.4. The SMILES string of the molecule is COC(=O)N[C@H](C(=O)Nc1ccccc1CC[C@@H](CO)N(Cc1cn(C)nc1C)S(=O)(=O)c1ccc2ncsc2c1)C(c1ccccc1)c1ccccc1. The summed E-state index contributed by atoms with van der Waals surface area (Å²) in [6.45, 7) is 1.36. The molecule has 0 spiro atoms. The molecule has 2 heterocycles. The Labute approximate surface area is 318 Å². The zero-order valence-corrected chi connectivity index (χ0v) is 31.8. The minimum Gasteiger partial charge on any atom is -0.453 e. The number of nitrogens with zero attached hydrogens (tertiary/aromatic N) is 4. The Bertz CT molecular complexity index is 2270. The number of ether oxygens (including phenoxy) is 1. The number of hydrogen-bond acceptors (Lipinski definition) is 9. The number of rotatable bonds is 15. The summed E-state index contributed by atoms with van der Waals surface area (Å²) in [5.41, 5.74) is 6.61. The van der Waals surface area contributed by atoms with E-state index in [1.54, 1.807) is 47.7 Å². The molecule has 0 saturated carbocycles. The molecule has 54 heavy (non-hydrogen) atoms. The van der Waals surface area contributed by atoms with Gasteiger partial charge < -0.3 is 20.5 Å². The van der Waals surface area contributed by atoms with Crippen LogP contribution in [-0.4, -0.2) is 70.4 Å². The minimum absolute atomic E-state index is 0.00637. The molecule has 0 aliphatic heterocycles. The fourth-order valence-electron chi connectivity index (χ4n) is 6.62. The predicted octanol–water partition coefficient (Wildman–Crippen LogP) is 6.02. The van der Waals surface area contributed by atoms with Gasteiger partial charge in [0.05, 0.1) is 40.0 Å². The third-order valence-corrected chi connectivity index (χ3v) is 12.1. The van der Waals surface area contributed by atoms with Crippen LogP contribution in [0.5, 0.6) is 0 Å². The molecule has 2 amide bonds. The average Bonchev–Trinajstić information content (AvgIpc) is 3.79. The highest BCUT2D eigenvalue weighted by Gasteiger charge is 2.35. The Morgan fingerprint density at radius 1 is 0.944 bits per heavy atom. The van der Waals surface area contributed by atoms with Crippen LogP contribution >= 0.6 is 11.3 Å². The normalized spacial score (nSPS) is 12.9. The fourth-order valence-corrected chi connectivity index (χ4v) is 9.06. The number of aromatic nitrogens is 3. The largest absolute Gasteiger partial charge is 0.453 e. The first-order chi connectivity index (χ1) is 26.1. The van der Waals surface area contributed by atoms with Crippen LogP contribution in [0.15, 0.2) is 120 Å². The fraction of sp³-hybridized carbons (Fsp3) is 0.250. The highest BCUT2D eigenvalue weighted by Crippen LogP contribution is 2.31. The first kappa shape index (κ1) is 38.3. The van der Waals surface area contributed by atoms with Crippen LogP contribution < -0.4 is 10.6 Å². The maximum absolute atomic E-state index is 14.4. The third-order valence-electron chi connectivity index (χ3n) is 9.38. The number of anilines is 1. The number of aryl methyl sites for hydroxylation is 3. The molecule has 0 unspecified atom stereocenters. The van der Waals surface area contributed by atoms with Crippen LogP contribution in [0.25, 0.3) is 10.2 Å². The summed E-state index contributed by atoms with van der Waals surface area (Å²) in [6.07, 6.45) is 1.56. The van der Waals surface area contributed by atoms with Crippen molar-refractivity contribution in [2.24, 2.45) is 7.05 Å². The number of nitrogens with one attached hydrogen (secondary N) is 2. The zero-order chi connectivity index (χ0) is 38.2. The second-order valence-corrected chi connectivity index (χ2v) is 15.7. The Kier molecular flexibility index (Phi) is 12.2. The standard InChI is InChI=1S/C40H42N6O6S2/c1-27-31(23-45(2)44-27)24-46(54(50,51)33-20-21-35-36(22-33)53-26-41-35)32(25-47)19-18-28-12-10-11-17-34(28)42-39(48)38(43-40(49)52-3)37(29-13-6-4-7-14-29)30-15-8-5-9-16-30/h4-17,20-23,26,32,37-38,47H,18-19,24-25H2,1-3H3,(H,42,48)(H,43,49)/t32-,38-/m0/s1. The quantitative estimate of drug-likeness (QED) is 0.115. The number of thiazole rings is 1. The minimum atomic E-state index is -4.12. The smallest absolute Gasteiger partial charge is 0.407 e. The van der Waals surface area contributed by atoms with Crippen LogP contribution in [0, 0.1) is 6.92 Å². The first-order valence-corrected chi connectivity index (χ1v) is 19.7. The number of carbonyl (C=O) groups excluding carboxylic acids is 2. The molecule has 0 saturated heterocycles. The Hall–Kier alpha value is -5.41. The number of benzene rings is 4. The molecule has 280 valence electrons. The van der Waals surface area contributed by atoms with Crippen LogP contribution in [0.2, 0.25) is 0 Å². The summed E-state index contributed by atoms with van der Waals surface area (Å²) in [4.78, 5) is 31.3. The van der Waals surface area contributed by atoms with Crippen LogP contribution in [0.3, 0.4) is 0 Å². The van der Waals surface area contributed by atoms with Crippen molar-refractivity contribution < 1.29 is 27.9 Å². The number of para-hydroxylation sites is 1. The molecule has 4 aromatic carbocycles. The van der Waals surface area contributed by atoms with Crippen molar-refractivity contribution in [1.29, 1.82) is 0 Å². The Balaban J connectivity index is 1.29. The van der Waals surface area contributed by atoms with Gasteiger partial charge in [-0.25, -0.2) is 18.2 Å². The van der Waals surface area contributed by atoms with E-state index in [9.17, 15) is 23.1 Å². The third kappa shape index (κ3) is 8.69. The lowest BCUT2D eigenvalue weighted by Gasteiger charge is -2.30. The maximum Gasteiger partial charge on any atom is 0.407 e. The van der Waals surface area contributed by atoms with Crippen molar-refractivity contribution >= 4 is 49.3 Å². The van der Waals surface area contributed by atoms with E-state index in [0.717, 1.165) is 21.4 Å². The van der Waals surface area contributed by atoms with Crippen molar-refractivity contribution in [3.8, 4) is 0 Å². The second kappa shape index (κ2) is 17.2. The van der Waals surface area contributed by atoms with Gasteiger partial charge in [0, 0.05) is 43.0 Å². The Morgan fingerprint density at radius 2 is 1.61 bits per heavy atom. The van der Waals surface area contributed by atoms with Gasteiger partial charge in [-0.15, -0.1) is 11.3 Å². The number of aliphatic hydroxyl groups is 1. The van der Waals surface area contributed by atoms with E-state index in [0.29, 0.717) is 28.9 Å². The van der Waals surface area contributed by atoms with Crippen LogP contribution in [0.4, 0.5) is 10.5 Å². The van der Waals surface area contributed by atoms with E-state index in [4.69, 9.17) is 4.74 Å². The van der Waals surface area contributed by atoms with Gasteiger partial charge in [-0.1, -0.05) is 78.9 Å². The molecule has 3 N–H and O–H groups in total. The molecule has 0 aliphatic rings. The van der Waals surface area contributed by atoms with Gasteiger partial charge >= 0.3 is 6.09 Å². The Morgan fingerprint density at radius 3 is 2.24 bits per heavy atom. The van der Waals surface area contributed by atoms with Gasteiger partial charge in [0.2, 0.25) is 15.9 Å². The summed E-state index contributed by atoms with van der Waals surface area (Å²) in [5, 5.41) is 21.0. The monoisotopic (exact) mass is 766 g/mol. The van der Waals surface area contributed by atoms with Gasteiger partial charge in [-0.3, -0.25) is 9.48 Å². The highest BCUT2D eigenvalue weighted by atomic mass is 32.2. The first-order valence-electron chi connectivity index (χ1n) is 17.4. The molecular weight excluding hydrogens is 725 g/mol. The van der Waals surface area contributed by atoms with E-state index in [1.165, 1.54) is 28.8 Å². The number of alkyl carbamates (subject to hydrolysis) is 1. The number of methoxy groups -OCH3 is 1. The molecule has 0 fully saturated rings. The lowest BCUT2D eigenvalue weighted by atomic mass is 9.84. The number of aliphatic hydroxyl groups excluding tert-OH is 1. The second-order valence-electron chi connectivity index (χ2n) is 12.9. The summed E-state index contributed by atoms with van der Waals surface area (Å²) >= 11 is 1.35. The number of hydrogen-bond donors (Lipinski definition) is 3. The van der Waals surface area contributed by atoms with Crippen molar-refractivity contribution in [3.05, 3.63) is 143 Å². The molecular formula is C40H42N6O6S2. The lowest BCUT2D eigenvalue weighted by molar-refractivity contribution is -0.118. The molecule has 6 rings (SSSR count). The van der Waals surface area contributed by atoms with Crippen molar-refractivity contribution in [2.75, 3.05) is 19.0 Å². The summed E-state index contributed by atoms with van der Waals surface area (Å²) in [5.74, 6) is -1.03. The molecule has 0 aliphatic carbocycles. The summed E-state index contributed by atoms with van der Waals surface area (Å²) < 4.78 is 37.4. The molecule has 0 radical (unpaired) electrons. The van der Waals surface area contributed by atoms with E-state index in [2.05, 4.69) is 20.7 Å². The van der Waals surface area contributed by atoms with Crippen LogP contribution in [0.1, 0.15) is 40.3 Å². The van der Waals surface area contributed by atoms with Gasteiger partial charge in [0.25, 0.3) is 0 Å². The van der Waals surface area contributed by atoms with Crippen molar-refractivity contribution in [2.45, 2.75) is 49.2 Å². The molecule has 0 bridgehead atoms. The highest BCUT2D eigenvalue weighted by molar-refractivity contribution is 7.89. The van der Waals surface area contributed by atoms with Crippen molar-refractivity contribution in [3.63, 3.8) is 0 Å². The number of sulfonamides is 1. The van der Waals surface area contributed by atoms with E-state index >= 15 is 0 Å². The molecule has 14 heteroatoms. The van der Waals surface area contributed by atoms with Gasteiger partial charge in [-0.05, 0) is 60.7 Å². The number of fused-ring (bicyclic) bond motifs is 1. The predicted molar refractivity (Wildman–Crippen MR) is 209 cm³/mol. The molecule has 2 aromatic heterocycles. The van der Waals surface area contributed by atoms with E-state index in [-0.39, 0.29) is 17.9 Å². The van der Waals surface area contributed by atoms with Gasteiger partial charge in [0.1, 0.15) is 6.04 Å². The van der Waals surface area contributed by atoms with E-state index < -0.39 is 46.6 Å². The van der Waals surface area contributed by atoms with Gasteiger partial charge in [0.15, 0.2) is 0 Å². The van der Waals surface area contributed by atoms with Crippen LogP contribution in [-0.2, 0) is 39.6 Å². The average molecular weight is 767 g/mol. The number of amides is 2. The topological polar surface area (TPSA) is 156 Å². The molecule has 12 nitrogen and oxygen atoms in total. The summed E-state index contributed by atoms with van der Waals surface area (Å²) in [6, 6.07) is 29.1. The van der Waals surface area contributed by atoms with Gasteiger partial charge in [-0.2, -0.15) is 9.40 Å². The number of carbonyl (C=O) groups is 2. The van der Waals surface area contributed by atoms with E-state index in [1.807, 2.05) is 79.7 Å². The summed E-state index contributed by atoms with van der Waals surface area (Å²) in [7, 11) is -1.10.